The Morgan fingerprint density at radius 1 is 1.35 bits per heavy atom. The highest BCUT2D eigenvalue weighted by Gasteiger charge is 2.19. The Hall–Kier alpha value is -1.11. The molecule has 3 N–H and O–H groups in total. The molecular formula is C11H18N2O3S. The number of hydrogen-bond acceptors (Lipinski definition) is 4. The molecule has 0 unspecified atom stereocenters. The second-order valence-corrected chi connectivity index (χ2v) is 5.54. The quantitative estimate of drug-likeness (QED) is 0.787. The minimum atomic E-state index is -3.54. The third-order valence-electron chi connectivity index (χ3n) is 1.90. The van der Waals surface area contributed by atoms with E-state index in [4.69, 9.17) is 10.5 Å². The lowest BCUT2D eigenvalue weighted by Gasteiger charge is -2.13. The standard InChI is InChI=1S/C11H18N2O3S/c1-9(2)13-17(14,15)11-6-4-3-5-10(11)16-8-7-12/h3-6,9,13H,7-8,12H2,1-2H3. The summed E-state index contributed by atoms with van der Waals surface area (Å²) in [6.07, 6.45) is 0. The molecule has 96 valence electrons. The molecule has 6 heteroatoms. The number of ether oxygens (including phenoxy) is 1. The van der Waals surface area contributed by atoms with Crippen molar-refractivity contribution in [1.29, 1.82) is 0 Å². The molecule has 5 nitrogen and oxygen atoms in total. The lowest BCUT2D eigenvalue weighted by Crippen LogP contribution is -2.30. The number of hydrogen-bond donors (Lipinski definition) is 2. The highest BCUT2D eigenvalue weighted by atomic mass is 32.2. The van der Waals surface area contributed by atoms with Gasteiger partial charge in [0.2, 0.25) is 10.0 Å². The van der Waals surface area contributed by atoms with E-state index in [1.807, 2.05) is 0 Å². The van der Waals surface area contributed by atoms with Crippen LogP contribution in [-0.2, 0) is 10.0 Å². The van der Waals surface area contributed by atoms with Crippen molar-refractivity contribution < 1.29 is 13.2 Å². The van der Waals surface area contributed by atoms with Crippen LogP contribution in [0, 0.1) is 0 Å². The highest BCUT2D eigenvalue weighted by molar-refractivity contribution is 7.89. The van der Waals surface area contributed by atoms with Gasteiger partial charge in [0, 0.05) is 12.6 Å². The largest absolute Gasteiger partial charge is 0.491 e. The SMILES string of the molecule is CC(C)NS(=O)(=O)c1ccccc1OCCN. The van der Waals surface area contributed by atoms with Crippen molar-refractivity contribution in [2.45, 2.75) is 24.8 Å². The summed E-state index contributed by atoms with van der Waals surface area (Å²) in [7, 11) is -3.54. The first-order valence-corrected chi connectivity index (χ1v) is 6.90. The third kappa shape index (κ3) is 3.99. The van der Waals surface area contributed by atoms with Gasteiger partial charge in [-0.05, 0) is 26.0 Å². The van der Waals surface area contributed by atoms with E-state index < -0.39 is 10.0 Å². The molecular weight excluding hydrogens is 240 g/mol. The van der Waals surface area contributed by atoms with Crippen molar-refractivity contribution in [2.75, 3.05) is 13.2 Å². The molecule has 0 aliphatic carbocycles. The zero-order chi connectivity index (χ0) is 12.9. The number of rotatable bonds is 6. The van der Waals surface area contributed by atoms with Crippen LogP contribution in [0.25, 0.3) is 0 Å². The van der Waals surface area contributed by atoms with Crippen LogP contribution < -0.4 is 15.2 Å². The zero-order valence-electron chi connectivity index (χ0n) is 10.0. The fourth-order valence-corrected chi connectivity index (χ4v) is 2.73. The normalized spacial score (nSPS) is 11.8. The van der Waals surface area contributed by atoms with Crippen LogP contribution in [0.3, 0.4) is 0 Å². The Balaban J connectivity index is 3.04. The van der Waals surface area contributed by atoms with Crippen molar-refractivity contribution in [3.05, 3.63) is 24.3 Å². The molecule has 0 saturated heterocycles. The first kappa shape index (κ1) is 14.0. The topological polar surface area (TPSA) is 81.4 Å². The lowest BCUT2D eigenvalue weighted by molar-refractivity contribution is 0.319. The Labute approximate surface area is 102 Å². The van der Waals surface area contributed by atoms with Crippen LogP contribution in [0.2, 0.25) is 0 Å². The molecule has 1 aromatic carbocycles. The number of benzene rings is 1. The summed E-state index contributed by atoms with van der Waals surface area (Å²) in [5.41, 5.74) is 5.33. The summed E-state index contributed by atoms with van der Waals surface area (Å²) in [4.78, 5) is 0.141. The van der Waals surface area contributed by atoms with Gasteiger partial charge in [-0.25, -0.2) is 13.1 Å². The Morgan fingerprint density at radius 2 is 2.00 bits per heavy atom. The molecule has 0 amide bonds. The summed E-state index contributed by atoms with van der Waals surface area (Å²) in [6.45, 7) is 4.15. The number of sulfonamides is 1. The van der Waals surface area contributed by atoms with Crippen LogP contribution in [0.5, 0.6) is 5.75 Å². The molecule has 1 aromatic rings. The Morgan fingerprint density at radius 3 is 2.59 bits per heavy atom. The molecule has 0 spiro atoms. The van der Waals surface area contributed by atoms with Gasteiger partial charge in [-0.2, -0.15) is 0 Å². The van der Waals surface area contributed by atoms with E-state index in [-0.39, 0.29) is 17.5 Å². The van der Waals surface area contributed by atoms with E-state index in [1.165, 1.54) is 6.07 Å². The van der Waals surface area contributed by atoms with E-state index in [9.17, 15) is 8.42 Å². The highest BCUT2D eigenvalue weighted by Crippen LogP contribution is 2.23. The van der Waals surface area contributed by atoms with Crippen molar-refractivity contribution in [3.63, 3.8) is 0 Å². The average molecular weight is 258 g/mol. The number of nitrogens with two attached hydrogens (primary N) is 1. The predicted octanol–water partition coefficient (Wildman–Crippen LogP) is 0.711. The molecule has 1 rings (SSSR count). The second kappa shape index (κ2) is 6.00. The smallest absolute Gasteiger partial charge is 0.244 e. The molecule has 0 fully saturated rings. The van der Waals surface area contributed by atoms with Crippen molar-refractivity contribution >= 4 is 10.0 Å². The third-order valence-corrected chi connectivity index (χ3v) is 3.60. The molecule has 0 aromatic heterocycles. The lowest BCUT2D eigenvalue weighted by atomic mass is 10.3. The van der Waals surface area contributed by atoms with Crippen molar-refractivity contribution in [2.24, 2.45) is 5.73 Å². The zero-order valence-corrected chi connectivity index (χ0v) is 10.8. The first-order valence-electron chi connectivity index (χ1n) is 5.41. The van der Waals surface area contributed by atoms with E-state index in [0.717, 1.165) is 0 Å². The van der Waals surface area contributed by atoms with Crippen LogP contribution in [0.4, 0.5) is 0 Å². The van der Waals surface area contributed by atoms with Gasteiger partial charge in [0.05, 0.1) is 0 Å². The maximum absolute atomic E-state index is 12.0. The number of para-hydroxylation sites is 1. The van der Waals surface area contributed by atoms with Gasteiger partial charge in [0.25, 0.3) is 0 Å². The van der Waals surface area contributed by atoms with Gasteiger partial charge >= 0.3 is 0 Å². The average Bonchev–Trinajstić information content (AvgIpc) is 2.25. The van der Waals surface area contributed by atoms with Crippen LogP contribution >= 0.6 is 0 Å². The maximum atomic E-state index is 12.0. The molecule has 17 heavy (non-hydrogen) atoms. The van der Waals surface area contributed by atoms with E-state index >= 15 is 0 Å². The van der Waals surface area contributed by atoms with Gasteiger partial charge in [0.15, 0.2) is 0 Å². The van der Waals surface area contributed by atoms with Gasteiger partial charge in [-0.1, -0.05) is 12.1 Å². The minimum Gasteiger partial charge on any atom is -0.491 e. The fourth-order valence-electron chi connectivity index (χ4n) is 1.33. The van der Waals surface area contributed by atoms with E-state index in [0.29, 0.717) is 12.3 Å². The number of nitrogens with one attached hydrogen (secondary N) is 1. The molecule has 0 heterocycles. The van der Waals surface area contributed by atoms with Crippen molar-refractivity contribution in [3.8, 4) is 5.75 Å². The molecule has 0 saturated carbocycles. The van der Waals surface area contributed by atoms with Gasteiger partial charge < -0.3 is 10.5 Å². The summed E-state index contributed by atoms with van der Waals surface area (Å²) >= 11 is 0. The van der Waals surface area contributed by atoms with E-state index in [2.05, 4.69) is 4.72 Å². The van der Waals surface area contributed by atoms with Crippen LogP contribution in [0.1, 0.15) is 13.8 Å². The monoisotopic (exact) mass is 258 g/mol. The molecule has 0 radical (unpaired) electrons. The molecule has 0 aliphatic heterocycles. The van der Waals surface area contributed by atoms with Crippen LogP contribution in [0.15, 0.2) is 29.2 Å². The summed E-state index contributed by atoms with van der Waals surface area (Å²) in [6, 6.07) is 6.34. The van der Waals surface area contributed by atoms with Crippen molar-refractivity contribution in [1.82, 2.24) is 4.72 Å². The summed E-state index contributed by atoms with van der Waals surface area (Å²) in [5, 5.41) is 0. The fraction of sp³-hybridized carbons (Fsp3) is 0.455. The Kier molecular flexibility index (Phi) is 4.92. The minimum absolute atomic E-state index is 0.141. The Bertz CT molecular complexity index is 458. The van der Waals surface area contributed by atoms with E-state index in [1.54, 1.807) is 32.0 Å². The summed E-state index contributed by atoms with van der Waals surface area (Å²) in [5.74, 6) is 0.325. The first-order chi connectivity index (χ1) is 7.97. The predicted molar refractivity (Wildman–Crippen MR) is 66.4 cm³/mol. The van der Waals surface area contributed by atoms with Gasteiger partial charge in [-0.3, -0.25) is 0 Å². The van der Waals surface area contributed by atoms with Crippen LogP contribution in [-0.4, -0.2) is 27.6 Å². The molecule has 0 bridgehead atoms. The van der Waals surface area contributed by atoms with Gasteiger partial charge in [0.1, 0.15) is 17.3 Å². The maximum Gasteiger partial charge on any atom is 0.244 e. The van der Waals surface area contributed by atoms with Gasteiger partial charge in [-0.15, -0.1) is 0 Å². The molecule has 0 atom stereocenters. The second-order valence-electron chi connectivity index (χ2n) is 3.86. The summed E-state index contributed by atoms with van der Waals surface area (Å²) < 4.78 is 31.8. The molecule has 0 aliphatic rings.